The van der Waals surface area contributed by atoms with Crippen molar-refractivity contribution >= 4 is 5.91 Å². The lowest BCUT2D eigenvalue weighted by Crippen LogP contribution is -2.30. The lowest BCUT2D eigenvalue weighted by Gasteiger charge is -2.17. The Morgan fingerprint density at radius 1 is 1.29 bits per heavy atom. The summed E-state index contributed by atoms with van der Waals surface area (Å²) in [5.74, 6) is 0.833. The van der Waals surface area contributed by atoms with E-state index < -0.39 is 0 Å². The van der Waals surface area contributed by atoms with Crippen LogP contribution in [-0.4, -0.2) is 23.0 Å². The van der Waals surface area contributed by atoms with Gasteiger partial charge in [-0.2, -0.15) is 0 Å². The van der Waals surface area contributed by atoms with Gasteiger partial charge < -0.3 is 9.42 Å². The molecule has 0 spiro atoms. The summed E-state index contributed by atoms with van der Waals surface area (Å²) in [5.41, 5.74) is 4.18. The number of hydrogen-bond donors (Lipinski definition) is 0. The van der Waals surface area contributed by atoms with Crippen molar-refractivity contribution in [1.82, 2.24) is 10.1 Å². The molecule has 0 fully saturated rings. The Labute approximate surface area is 125 Å². The molecule has 1 amide bonds. The van der Waals surface area contributed by atoms with Gasteiger partial charge in [0, 0.05) is 24.6 Å². The molecule has 4 nitrogen and oxygen atoms in total. The molecule has 1 aromatic heterocycles. The van der Waals surface area contributed by atoms with Crippen LogP contribution in [0.5, 0.6) is 0 Å². The Kier molecular flexibility index (Phi) is 4.46. The van der Waals surface area contributed by atoms with Crippen molar-refractivity contribution in [3.63, 3.8) is 0 Å². The molecule has 0 aliphatic heterocycles. The van der Waals surface area contributed by atoms with Gasteiger partial charge in [-0.15, -0.1) is 0 Å². The molecule has 112 valence electrons. The first-order chi connectivity index (χ1) is 9.88. The standard InChI is InChI=1S/C17H22N2O2/c1-11(2)17(20)19(5)10-14-9-16(21-18-14)15-7-6-12(3)8-13(15)4/h6-9,11H,10H2,1-5H3. The molecule has 2 rings (SSSR count). The highest BCUT2D eigenvalue weighted by Gasteiger charge is 2.16. The van der Waals surface area contributed by atoms with Crippen molar-refractivity contribution in [2.24, 2.45) is 5.92 Å². The summed E-state index contributed by atoms with van der Waals surface area (Å²) in [6, 6.07) is 8.12. The average Bonchev–Trinajstić information content (AvgIpc) is 2.85. The van der Waals surface area contributed by atoms with Crippen molar-refractivity contribution in [2.75, 3.05) is 7.05 Å². The molecular formula is C17H22N2O2. The fraction of sp³-hybridized carbons (Fsp3) is 0.412. The van der Waals surface area contributed by atoms with E-state index in [0.717, 1.165) is 22.6 Å². The van der Waals surface area contributed by atoms with Gasteiger partial charge in [-0.3, -0.25) is 4.79 Å². The number of aryl methyl sites for hydroxylation is 2. The smallest absolute Gasteiger partial charge is 0.225 e. The average molecular weight is 286 g/mol. The second-order valence-corrected chi connectivity index (χ2v) is 5.85. The van der Waals surface area contributed by atoms with E-state index in [4.69, 9.17) is 4.52 Å². The number of carbonyl (C=O) groups is 1. The number of amides is 1. The summed E-state index contributed by atoms with van der Waals surface area (Å²) in [6.45, 7) is 8.37. The largest absolute Gasteiger partial charge is 0.356 e. The summed E-state index contributed by atoms with van der Waals surface area (Å²) in [5, 5.41) is 4.07. The first-order valence-corrected chi connectivity index (χ1v) is 7.16. The maximum absolute atomic E-state index is 11.9. The van der Waals surface area contributed by atoms with E-state index in [1.807, 2.05) is 26.0 Å². The van der Waals surface area contributed by atoms with Gasteiger partial charge in [-0.05, 0) is 19.4 Å². The predicted octanol–water partition coefficient (Wildman–Crippen LogP) is 3.57. The molecule has 2 aromatic rings. The second kappa shape index (κ2) is 6.12. The number of benzene rings is 1. The fourth-order valence-corrected chi connectivity index (χ4v) is 2.37. The molecule has 0 N–H and O–H groups in total. The van der Waals surface area contributed by atoms with Crippen LogP contribution in [0.1, 0.15) is 30.7 Å². The van der Waals surface area contributed by atoms with Crippen LogP contribution in [0.4, 0.5) is 0 Å². The molecule has 0 radical (unpaired) electrons. The van der Waals surface area contributed by atoms with E-state index in [1.165, 1.54) is 5.56 Å². The van der Waals surface area contributed by atoms with Crippen LogP contribution in [0.2, 0.25) is 0 Å². The van der Waals surface area contributed by atoms with Crippen molar-refractivity contribution in [1.29, 1.82) is 0 Å². The quantitative estimate of drug-likeness (QED) is 0.863. The number of carbonyl (C=O) groups excluding carboxylic acids is 1. The van der Waals surface area contributed by atoms with Crippen molar-refractivity contribution < 1.29 is 9.32 Å². The third-order valence-electron chi connectivity index (χ3n) is 3.48. The van der Waals surface area contributed by atoms with Crippen LogP contribution in [0, 0.1) is 19.8 Å². The van der Waals surface area contributed by atoms with Crippen molar-refractivity contribution in [2.45, 2.75) is 34.2 Å². The Morgan fingerprint density at radius 2 is 2.00 bits per heavy atom. The van der Waals surface area contributed by atoms with E-state index in [0.29, 0.717) is 6.54 Å². The lowest BCUT2D eigenvalue weighted by atomic mass is 10.0. The van der Waals surface area contributed by atoms with Gasteiger partial charge in [0.2, 0.25) is 5.91 Å². The third-order valence-corrected chi connectivity index (χ3v) is 3.48. The monoisotopic (exact) mass is 286 g/mol. The molecular weight excluding hydrogens is 264 g/mol. The molecule has 0 saturated carbocycles. The first kappa shape index (κ1) is 15.3. The molecule has 0 unspecified atom stereocenters. The summed E-state index contributed by atoms with van der Waals surface area (Å²) >= 11 is 0. The van der Waals surface area contributed by atoms with Gasteiger partial charge in [0.15, 0.2) is 5.76 Å². The number of nitrogens with zero attached hydrogens (tertiary/aromatic N) is 2. The van der Waals surface area contributed by atoms with E-state index >= 15 is 0 Å². The highest BCUT2D eigenvalue weighted by atomic mass is 16.5. The van der Waals surface area contributed by atoms with Gasteiger partial charge in [0.1, 0.15) is 5.69 Å². The molecule has 21 heavy (non-hydrogen) atoms. The van der Waals surface area contributed by atoms with Crippen molar-refractivity contribution in [3.8, 4) is 11.3 Å². The van der Waals surface area contributed by atoms with Gasteiger partial charge >= 0.3 is 0 Å². The fourth-order valence-electron chi connectivity index (χ4n) is 2.37. The summed E-state index contributed by atoms with van der Waals surface area (Å²) < 4.78 is 5.42. The lowest BCUT2D eigenvalue weighted by molar-refractivity contribution is -0.133. The normalized spacial score (nSPS) is 11.0. The van der Waals surface area contributed by atoms with E-state index in [2.05, 4.69) is 31.1 Å². The van der Waals surface area contributed by atoms with Crippen LogP contribution >= 0.6 is 0 Å². The molecule has 0 saturated heterocycles. The molecule has 0 atom stereocenters. The molecule has 1 aromatic carbocycles. The van der Waals surface area contributed by atoms with Crippen LogP contribution in [0.25, 0.3) is 11.3 Å². The number of hydrogen-bond acceptors (Lipinski definition) is 3. The highest BCUT2D eigenvalue weighted by Crippen LogP contribution is 2.25. The zero-order valence-electron chi connectivity index (χ0n) is 13.3. The summed E-state index contributed by atoms with van der Waals surface area (Å²) in [7, 11) is 1.79. The third kappa shape index (κ3) is 3.51. The zero-order chi connectivity index (χ0) is 15.6. The zero-order valence-corrected chi connectivity index (χ0v) is 13.3. The number of rotatable bonds is 4. The predicted molar refractivity (Wildman–Crippen MR) is 82.7 cm³/mol. The Bertz CT molecular complexity index is 644. The van der Waals surface area contributed by atoms with Crippen LogP contribution < -0.4 is 0 Å². The molecule has 0 aliphatic rings. The van der Waals surface area contributed by atoms with Gasteiger partial charge in [0.05, 0.1) is 6.54 Å². The Morgan fingerprint density at radius 3 is 2.62 bits per heavy atom. The van der Waals surface area contributed by atoms with Gasteiger partial charge in [-0.25, -0.2) is 0 Å². The van der Waals surface area contributed by atoms with Crippen LogP contribution in [0.3, 0.4) is 0 Å². The molecule has 4 heteroatoms. The maximum atomic E-state index is 11.9. The summed E-state index contributed by atoms with van der Waals surface area (Å²) in [4.78, 5) is 13.6. The van der Waals surface area contributed by atoms with Gasteiger partial charge in [-0.1, -0.05) is 42.8 Å². The topological polar surface area (TPSA) is 46.3 Å². The number of aromatic nitrogens is 1. The van der Waals surface area contributed by atoms with E-state index in [-0.39, 0.29) is 11.8 Å². The molecule has 0 aliphatic carbocycles. The van der Waals surface area contributed by atoms with Gasteiger partial charge in [0.25, 0.3) is 0 Å². The van der Waals surface area contributed by atoms with E-state index in [9.17, 15) is 4.79 Å². The van der Waals surface area contributed by atoms with Crippen LogP contribution in [-0.2, 0) is 11.3 Å². The maximum Gasteiger partial charge on any atom is 0.225 e. The van der Waals surface area contributed by atoms with Crippen molar-refractivity contribution in [3.05, 3.63) is 41.1 Å². The molecule has 0 bridgehead atoms. The van der Waals surface area contributed by atoms with Crippen LogP contribution in [0.15, 0.2) is 28.8 Å². The first-order valence-electron chi connectivity index (χ1n) is 7.16. The highest BCUT2D eigenvalue weighted by molar-refractivity contribution is 5.77. The minimum atomic E-state index is -0.0132. The minimum Gasteiger partial charge on any atom is -0.356 e. The minimum absolute atomic E-state index is 0.0132. The summed E-state index contributed by atoms with van der Waals surface area (Å²) in [6.07, 6.45) is 0. The Balaban J connectivity index is 2.16. The van der Waals surface area contributed by atoms with E-state index in [1.54, 1.807) is 11.9 Å². The SMILES string of the molecule is Cc1ccc(-c2cc(CN(C)C(=O)C(C)C)no2)c(C)c1. The Hall–Kier alpha value is -2.10. The second-order valence-electron chi connectivity index (χ2n) is 5.85. The molecule has 1 heterocycles.